The SMILES string of the molecule is Cc1ccc(/C=C/C(=O)Nc2ccc(Oc3cnccn3)cc2)s1. The molecule has 0 saturated heterocycles. The molecule has 0 aliphatic rings. The van der Waals surface area contributed by atoms with Gasteiger partial charge < -0.3 is 10.1 Å². The number of aryl methyl sites for hydroxylation is 1. The Kier molecular flexibility index (Phi) is 4.98. The van der Waals surface area contributed by atoms with Crippen LogP contribution in [0.4, 0.5) is 5.69 Å². The maximum absolute atomic E-state index is 11.9. The van der Waals surface area contributed by atoms with Crippen molar-refractivity contribution in [1.82, 2.24) is 9.97 Å². The summed E-state index contributed by atoms with van der Waals surface area (Å²) in [6.07, 6.45) is 8.00. The molecule has 120 valence electrons. The van der Waals surface area contributed by atoms with Gasteiger partial charge >= 0.3 is 0 Å². The number of rotatable bonds is 5. The van der Waals surface area contributed by atoms with Crippen molar-refractivity contribution in [3.05, 3.63) is 70.8 Å². The van der Waals surface area contributed by atoms with E-state index in [1.165, 1.54) is 17.2 Å². The molecule has 1 N–H and O–H groups in total. The Morgan fingerprint density at radius 2 is 2.00 bits per heavy atom. The van der Waals surface area contributed by atoms with Gasteiger partial charge in [-0.3, -0.25) is 9.78 Å². The van der Waals surface area contributed by atoms with E-state index in [2.05, 4.69) is 15.3 Å². The van der Waals surface area contributed by atoms with Gasteiger partial charge in [0.1, 0.15) is 5.75 Å². The topological polar surface area (TPSA) is 64.1 Å². The van der Waals surface area contributed by atoms with Crippen molar-refractivity contribution >= 4 is 29.0 Å². The molecular weight excluding hydrogens is 322 g/mol. The Hall–Kier alpha value is -2.99. The second kappa shape index (κ2) is 7.52. The third-order valence-corrected chi connectivity index (χ3v) is 4.01. The molecule has 0 aliphatic heterocycles. The predicted molar refractivity (Wildman–Crippen MR) is 95.3 cm³/mol. The predicted octanol–water partition coefficient (Wildman–Crippen LogP) is 4.29. The van der Waals surface area contributed by atoms with Gasteiger partial charge in [-0.2, -0.15) is 0 Å². The minimum atomic E-state index is -0.177. The van der Waals surface area contributed by atoms with Gasteiger partial charge in [-0.1, -0.05) is 0 Å². The molecule has 0 saturated carbocycles. The van der Waals surface area contributed by atoms with Gasteiger partial charge in [0.25, 0.3) is 0 Å². The summed E-state index contributed by atoms with van der Waals surface area (Å²) in [5.74, 6) is 0.866. The number of hydrogen-bond donors (Lipinski definition) is 1. The zero-order valence-corrected chi connectivity index (χ0v) is 13.8. The first kappa shape index (κ1) is 15.9. The number of benzene rings is 1. The van der Waals surface area contributed by atoms with Crippen molar-refractivity contribution in [3.8, 4) is 11.6 Å². The Balaban J connectivity index is 1.57. The average Bonchev–Trinajstić information content (AvgIpc) is 3.01. The van der Waals surface area contributed by atoms with Crippen LogP contribution in [0.1, 0.15) is 9.75 Å². The van der Waals surface area contributed by atoms with E-state index in [0.717, 1.165) is 4.88 Å². The first-order valence-electron chi connectivity index (χ1n) is 7.28. The quantitative estimate of drug-likeness (QED) is 0.705. The summed E-state index contributed by atoms with van der Waals surface area (Å²) >= 11 is 1.64. The van der Waals surface area contributed by atoms with E-state index in [1.54, 1.807) is 54.1 Å². The lowest BCUT2D eigenvalue weighted by Crippen LogP contribution is -2.07. The molecule has 0 aliphatic carbocycles. The van der Waals surface area contributed by atoms with Crippen LogP contribution < -0.4 is 10.1 Å². The molecule has 1 amide bonds. The summed E-state index contributed by atoms with van der Waals surface area (Å²) in [7, 11) is 0. The zero-order chi connectivity index (χ0) is 16.8. The van der Waals surface area contributed by atoms with Gasteiger partial charge in [-0.15, -0.1) is 11.3 Å². The normalized spacial score (nSPS) is 10.7. The molecule has 3 aromatic rings. The van der Waals surface area contributed by atoms with E-state index < -0.39 is 0 Å². The van der Waals surface area contributed by atoms with Gasteiger partial charge in [0, 0.05) is 33.9 Å². The summed E-state index contributed by atoms with van der Waals surface area (Å²) in [5.41, 5.74) is 0.693. The summed E-state index contributed by atoms with van der Waals surface area (Å²) in [6, 6.07) is 11.1. The summed E-state index contributed by atoms with van der Waals surface area (Å²) < 4.78 is 5.55. The highest BCUT2D eigenvalue weighted by atomic mass is 32.1. The van der Waals surface area contributed by atoms with E-state index in [9.17, 15) is 4.79 Å². The number of amides is 1. The van der Waals surface area contributed by atoms with Gasteiger partial charge in [0.2, 0.25) is 11.8 Å². The van der Waals surface area contributed by atoms with Crippen LogP contribution in [0.15, 0.2) is 61.1 Å². The summed E-state index contributed by atoms with van der Waals surface area (Å²) in [6.45, 7) is 2.03. The zero-order valence-electron chi connectivity index (χ0n) is 13.0. The largest absolute Gasteiger partial charge is 0.438 e. The van der Waals surface area contributed by atoms with Crippen LogP contribution in [-0.2, 0) is 4.79 Å². The third kappa shape index (κ3) is 4.50. The summed E-state index contributed by atoms with van der Waals surface area (Å²) in [4.78, 5) is 22.2. The molecule has 0 atom stereocenters. The Morgan fingerprint density at radius 3 is 2.67 bits per heavy atom. The number of thiophene rings is 1. The fourth-order valence-electron chi connectivity index (χ4n) is 1.95. The molecule has 3 rings (SSSR count). The molecule has 2 heterocycles. The maximum Gasteiger partial charge on any atom is 0.248 e. The van der Waals surface area contributed by atoms with Crippen molar-refractivity contribution in [3.63, 3.8) is 0 Å². The highest BCUT2D eigenvalue weighted by Crippen LogP contribution is 2.21. The van der Waals surface area contributed by atoms with Crippen LogP contribution in [0.25, 0.3) is 6.08 Å². The number of carbonyl (C=O) groups is 1. The van der Waals surface area contributed by atoms with E-state index in [-0.39, 0.29) is 5.91 Å². The number of carbonyl (C=O) groups excluding carboxylic acids is 1. The lowest BCUT2D eigenvalue weighted by atomic mass is 10.3. The molecule has 0 unspecified atom stereocenters. The van der Waals surface area contributed by atoms with Crippen molar-refractivity contribution in [2.45, 2.75) is 6.92 Å². The van der Waals surface area contributed by atoms with Crippen molar-refractivity contribution in [1.29, 1.82) is 0 Å². The molecule has 1 aromatic carbocycles. The highest BCUT2D eigenvalue weighted by Gasteiger charge is 2.01. The second-order valence-corrected chi connectivity index (χ2v) is 6.26. The second-order valence-electron chi connectivity index (χ2n) is 4.94. The van der Waals surface area contributed by atoms with Crippen molar-refractivity contribution in [2.75, 3.05) is 5.32 Å². The van der Waals surface area contributed by atoms with E-state index in [0.29, 0.717) is 17.3 Å². The average molecular weight is 337 g/mol. The lowest BCUT2D eigenvalue weighted by molar-refractivity contribution is -0.111. The minimum Gasteiger partial charge on any atom is -0.438 e. The van der Waals surface area contributed by atoms with Crippen molar-refractivity contribution < 1.29 is 9.53 Å². The molecule has 24 heavy (non-hydrogen) atoms. The van der Waals surface area contributed by atoms with Crippen LogP contribution in [0.5, 0.6) is 11.6 Å². The Morgan fingerprint density at radius 1 is 1.17 bits per heavy atom. The summed E-state index contributed by atoms with van der Waals surface area (Å²) in [5, 5.41) is 2.81. The molecular formula is C18H15N3O2S. The Bertz CT molecular complexity index is 842. The molecule has 0 bridgehead atoms. The molecule has 6 heteroatoms. The van der Waals surface area contributed by atoms with Gasteiger partial charge in [-0.25, -0.2) is 4.98 Å². The standard InChI is InChI=1S/C18H15N3O2S/c1-13-2-7-16(24-13)8-9-17(22)21-14-3-5-15(6-4-14)23-18-12-19-10-11-20-18/h2-12H,1H3,(H,21,22)/b9-8+. The fourth-order valence-corrected chi connectivity index (χ4v) is 2.73. The van der Waals surface area contributed by atoms with Crippen LogP contribution in [0.2, 0.25) is 0 Å². The first-order valence-corrected chi connectivity index (χ1v) is 8.10. The number of anilines is 1. The molecule has 0 radical (unpaired) electrons. The monoisotopic (exact) mass is 337 g/mol. The van der Waals surface area contributed by atoms with Gasteiger partial charge in [-0.05, 0) is 49.4 Å². The minimum absolute atomic E-state index is 0.177. The van der Waals surface area contributed by atoms with Gasteiger partial charge in [0.05, 0.1) is 6.20 Å². The number of hydrogen-bond acceptors (Lipinski definition) is 5. The van der Waals surface area contributed by atoms with Crippen molar-refractivity contribution in [2.24, 2.45) is 0 Å². The van der Waals surface area contributed by atoms with E-state index >= 15 is 0 Å². The molecule has 0 spiro atoms. The molecule has 0 fully saturated rings. The number of aromatic nitrogens is 2. The lowest BCUT2D eigenvalue weighted by Gasteiger charge is -2.05. The van der Waals surface area contributed by atoms with Crippen LogP contribution >= 0.6 is 11.3 Å². The third-order valence-electron chi connectivity index (χ3n) is 3.04. The van der Waals surface area contributed by atoms with Crippen LogP contribution in [0, 0.1) is 6.92 Å². The van der Waals surface area contributed by atoms with Crippen LogP contribution in [0.3, 0.4) is 0 Å². The van der Waals surface area contributed by atoms with Crippen LogP contribution in [-0.4, -0.2) is 15.9 Å². The Labute approximate surface area is 143 Å². The molecule has 2 aromatic heterocycles. The maximum atomic E-state index is 11.9. The number of nitrogens with zero attached hydrogens (tertiary/aromatic N) is 2. The van der Waals surface area contributed by atoms with E-state index in [4.69, 9.17) is 4.74 Å². The molecule has 5 nitrogen and oxygen atoms in total. The van der Waals surface area contributed by atoms with Gasteiger partial charge in [0.15, 0.2) is 0 Å². The fraction of sp³-hybridized carbons (Fsp3) is 0.0556. The number of ether oxygens (including phenoxy) is 1. The smallest absolute Gasteiger partial charge is 0.248 e. The van der Waals surface area contributed by atoms with E-state index in [1.807, 2.05) is 19.1 Å². The highest BCUT2D eigenvalue weighted by molar-refractivity contribution is 7.12. The number of nitrogens with one attached hydrogen (secondary N) is 1. The first-order chi connectivity index (χ1) is 11.7.